The van der Waals surface area contributed by atoms with E-state index in [2.05, 4.69) is 5.32 Å². The van der Waals surface area contributed by atoms with Crippen LogP contribution < -0.4 is 5.32 Å². The van der Waals surface area contributed by atoms with Gasteiger partial charge in [-0.25, -0.2) is 8.78 Å². The Morgan fingerprint density at radius 1 is 1.47 bits per heavy atom. The van der Waals surface area contributed by atoms with Gasteiger partial charge in [0, 0.05) is 12.5 Å². The largest absolute Gasteiger partial charge is 0.316 e. The summed E-state index contributed by atoms with van der Waals surface area (Å²) in [6.07, 6.45) is 1.40. The second-order valence-corrected chi connectivity index (χ2v) is 5.49. The number of alkyl halides is 2. The van der Waals surface area contributed by atoms with Crippen LogP contribution in [0.3, 0.4) is 0 Å². The lowest BCUT2D eigenvalue weighted by Gasteiger charge is -2.29. The molecule has 2 rings (SSSR count). The highest BCUT2D eigenvalue weighted by atomic mass is 35.5. The highest BCUT2D eigenvalue weighted by Gasteiger charge is 2.42. The summed E-state index contributed by atoms with van der Waals surface area (Å²) in [6, 6.07) is 2.97. The van der Waals surface area contributed by atoms with Crippen LogP contribution in [0.2, 0.25) is 4.34 Å². The molecule has 0 spiro atoms. The Bertz CT molecular complexity index is 334. The molecule has 0 aliphatic carbocycles. The summed E-state index contributed by atoms with van der Waals surface area (Å²) in [4.78, 5) is 0.0844. The Balaban J connectivity index is 2.17. The third-order valence-electron chi connectivity index (χ3n) is 2.71. The second kappa shape index (κ2) is 4.36. The first-order valence-electron chi connectivity index (χ1n) is 4.95. The average Bonchev–Trinajstić information content (AvgIpc) is 2.67. The summed E-state index contributed by atoms with van der Waals surface area (Å²) >= 11 is 6.65. The van der Waals surface area contributed by atoms with Gasteiger partial charge >= 0.3 is 0 Å². The molecule has 0 radical (unpaired) electrons. The lowest BCUT2D eigenvalue weighted by molar-refractivity contribution is -0.0691. The van der Waals surface area contributed by atoms with Crippen LogP contribution in [0.15, 0.2) is 12.1 Å². The molecule has 15 heavy (non-hydrogen) atoms. The Hall–Kier alpha value is -0.190. The van der Waals surface area contributed by atoms with Crippen molar-refractivity contribution in [3.8, 4) is 0 Å². The molecule has 5 heteroatoms. The summed E-state index contributed by atoms with van der Waals surface area (Å²) in [6.45, 7) is 1.24. The predicted molar refractivity (Wildman–Crippen MR) is 58.8 cm³/mol. The van der Waals surface area contributed by atoms with E-state index in [1.165, 1.54) is 12.1 Å². The predicted octanol–water partition coefficient (Wildman–Crippen LogP) is 3.49. The number of thiophene rings is 1. The monoisotopic (exact) mass is 251 g/mol. The van der Waals surface area contributed by atoms with Crippen LogP contribution in [0, 0.1) is 5.92 Å². The lowest BCUT2D eigenvalue weighted by atomic mass is 9.92. The zero-order valence-corrected chi connectivity index (χ0v) is 9.68. The van der Waals surface area contributed by atoms with Crippen LogP contribution in [-0.2, 0) is 5.92 Å². The van der Waals surface area contributed by atoms with E-state index in [4.69, 9.17) is 11.6 Å². The number of piperidine rings is 1. The van der Waals surface area contributed by atoms with Gasteiger partial charge < -0.3 is 5.32 Å². The molecule has 1 aromatic rings. The first kappa shape index (κ1) is 11.3. The number of hydrogen-bond acceptors (Lipinski definition) is 2. The smallest absolute Gasteiger partial charge is 0.286 e. The maximum atomic E-state index is 14.0. The zero-order valence-electron chi connectivity index (χ0n) is 8.10. The van der Waals surface area contributed by atoms with Crippen molar-refractivity contribution in [3.05, 3.63) is 21.3 Å². The molecule has 0 saturated carbocycles. The van der Waals surface area contributed by atoms with Crippen molar-refractivity contribution in [2.45, 2.75) is 18.8 Å². The van der Waals surface area contributed by atoms with E-state index >= 15 is 0 Å². The normalized spacial score (nSPS) is 23.0. The maximum absolute atomic E-state index is 14.0. The molecule has 1 saturated heterocycles. The SMILES string of the molecule is FC(F)(c1ccc(Cl)s1)C1CCCNC1. The third kappa shape index (κ3) is 2.32. The molecule has 2 heterocycles. The zero-order chi connectivity index (χ0) is 10.9. The quantitative estimate of drug-likeness (QED) is 0.849. The van der Waals surface area contributed by atoms with Crippen molar-refractivity contribution in [2.75, 3.05) is 13.1 Å². The van der Waals surface area contributed by atoms with Gasteiger partial charge in [0.05, 0.1) is 9.21 Å². The fourth-order valence-electron chi connectivity index (χ4n) is 1.86. The van der Waals surface area contributed by atoms with E-state index in [0.717, 1.165) is 24.3 Å². The third-order valence-corrected chi connectivity index (χ3v) is 4.03. The second-order valence-electron chi connectivity index (χ2n) is 3.77. The van der Waals surface area contributed by atoms with Crippen molar-refractivity contribution >= 4 is 22.9 Å². The molecular weight excluding hydrogens is 240 g/mol. The van der Waals surface area contributed by atoms with Gasteiger partial charge in [-0.05, 0) is 31.5 Å². The van der Waals surface area contributed by atoms with Gasteiger partial charge in [-0.1, -0.05) is 11.6 Å². The van der Waals surface area contributed by atoms with Crippen LogP contribution in [-0.4, -0.2) is 13.1 Å². The highest BCUT2D eigenvalue weighted by molar-refractivity contribution is 7.16. The molecule has 1 fully saturated rings. The van der Waals surface area contributed by atoms with E-state index in [9.17, 15) is 8.78 Å². The molecule has 84 valence electrons. The summed E-state index contributed by atoms with van der Waals surface area (Å²) in [5.41, 5.74) is 0. The Labute approximate surface area is 96.4 Å². The highest BCUT2D eigenvalue weighted by Crippen LogP contribution is 2.43. The van der Waals surface area contributed by atoms with Crippen molar-refractivity contribution in [1.82, 2.24) is 5.32 Å². The Morgan fingerprint density at radius 3 is 2.80 bits per heavy atom. The summed E-state index contributed by atoms with van der Waals surface area (Å²) in [7, 11) is 0. The molecule has 1 aromatic heterocycles. The molecule has 1 nitrogen and oxygen atoms in total. The molecule has 0 aromatic carbocycles. The van der Waals surface area contributed by atoms with Gasteiger partial charge in [-0.15, -0.1) is 11.3 Å². The molecule has 1 atom stereocenters. The van der Waals surface area contributed by atoms with E-state index < -0.39 is 11.8 Å². The fourth-order valence-corrected chi connectivity index (χ4v) is 2.95. The number of halogens is 3. The molecule has 0 amide bonds. The van der Waals surface area contributed by atoms with Crippen LogP contribution in [0.5, 0.6) is 0 Å². The van der Waals surface area contributed by atoms with Crippen LogP contribution in [0.1, 0.15) is 17.7 Å². The lowest BCUT2D eigenvalue weighted by Crippen LogP contribution is -2.38. The molecule has 1 N–H and O–H groups in total. The minimum absolute atomic E-state index is 0.0844. The molecule has 0 bridgehead atoms. The number of rotatable bonds is 2. The first-order chi connectivity index (χ1) is 7.10. The first-order valence-corrected chi connectivity index (χ1v) is 6.14. The number of nitrogens with one attached hydrogen (secondary N) is 1. The van der Waals surface area contributed by atoms with Gasteiger partial charge in [-0.3, -0.25) is 0 Å². The van der Waals surface area contributed by atoms with Crippen molar-refractivity contribution in [1.29, 1.82) is 0 Å². The Morgan fingerprint density at radius 2 is 2.27 bits per heavy atom. The molecule has 1 aliphatic heterocycles. The van der Waals surface area contributed by atoms with Crippen LogP contribution in [0.25, 0.3) is 0 Å². The minimum atomic E-state index is -2.74. The van der Waals surface area contributed by atoms with Gasteiger partial charge in [0.2, 0.25) is 0 Å². The van der Waals surface area contributed by atoms with Crippen molar-refractivity contribution in [3.63, 3.8) is 0 Å². The van der Waals surface area contributed by atoms with Crippen molar-refractivity contribution < 1.29 is 8.78 Å². The van der Waals surface area contributed by atoms with Gasteiger partial charge in [0.15, 0.2) is 0 Å². The summed E-state index contributed by atoms with van der Waals surface area (Å²) in [5, 5.41) is 3.01. The standard InChI is InChI=1S/C10H12ClF2NS/c11-9-4-3-8(15-9)10(12,13)7-2-1-5-14-6-7/h3-4,7,14H,1-2,5-6H2. The summed E-state index contributed by atoms with van der Waals surface area (Å²) < 4.78 is 28.4. The van der Waals surface area contributed by atoms with E-state index in [1.54, 1.807) is 0 Å². The minimum Gasteiger partial charge on any atom is -0.316 e. The van der Waals surface area contributed by atoms with E-state index in [1.807, 2.05) is 0 Å². The van der Waals surface area contributed by atoms with Gasteiger partial charge in [-0.2, -0.15) is 0 Å². The Kier molecular flexibility index (Phi) is 3.28. The van der Waals surface area contributed by atoms with Gasteiger partial charge in [0.25, 0.3) is 5.92 Å². The fraction of sp³-hybridized carbons (Fsp3) is 0.600. The summed E-state index contributed by atoms with van der Waals surface area (Å²) in [5.74, 6) is -3.34. The van der Waals surface area contributed by atoms with Gasteiger partial charge in [0.1, 0.15) is 0 Å². The van der Waals surface area contributed by atoms with E-state index in [-0.39, 0.29) is 4.88 Å². The average molecular weight is 252 g/mol. The van der Waals surface area contributed by atoms with Crippen LogP contribution in [0.4, 0.5) is 8.78 Å². The van der Waals surface area contributed by atoms with Crippen molar-refractivity contribution in [2.24, 2.45) is 5.92 Å². The molecule has 1 aliphatic rings. The van der Waals surface area contributed by atoms with Crippen LogP contribution >= 0.6 is 22.9 Å². The van der Waals surface area contributed by atoms with E-state index in [0.29, 0.717) is 17.3 Å². The molecular formula is C10H12ClF2NS. The maximum Gasteiger partial charge on any atom is 0.286 e. The number of hydrogen-bond donors (Lipinski definition) is 1. The topological polar surface area (TPSA) is 12.0 Å². The molecule has 1 unspecified atom stereocenters.